The topological polar surface area (TPSA) is 64.6 Å². The number of ether oxygens (including phenoxy) is 2. The van der Waals surface area contributed by atoms with Crippen molar-refractivity contribution < 1.29 is 14.3 Å². The van der Waals surface area contributed by atoms with E-state index in [9.17, 15) is 4.79 Å². The van der Waals surface area contributed by atoms with Gasteiger partial charge in [0.15, 0.2) is 0 Å². The molecule has 21 heavy (non-hydrogen) atoms. The van der Waals surface area contributed by atoms with Crippen molar-refractivity contribution in [2.45, 2.75) is 38.2 Å². The number of piperidine rings is 1. The van der Waals surface area contributed by atoms with E-state index in [4.69, 9.17) is 9.47 Å². The summed E-state index contributed by atoms with van der Waals surface area (Å²) in [6, 6.07) is 0. The van der Waals surface area contributed by atoms with Gasteiger partial charge in [-0.2, -0.15) is 0 Å². The van der Waals surface area contributed by atoms with Crippen LogP contribution in [0.2, 0.25) is 0 Å². The second-order valence-electron chi connectivity index (χ2n) is 5.66. The van der Waals surface area contributed by atoms with Crippen LogP contribution in [0.3, 0.4) is 0 Å². The van der Waals surface area contributed by atoms with E-state index in [0.717, 1.165) is 32.2 Å². The fraction of sp³-hybridized carbons (Fsp3) is 0.667. The van der Waals surface area contributed by atoms with Crippen LogP contribution in [0.25, 0.3) is 0 Å². The minimum Gasteiger partial charge on any atom is -0.477 e. The van der Waals surface area contributed by atoms with E-state index in [1.807, 2.05) is 4.90 Å². The molecule has 2 heterocycles. The van der Waals surface area contributed by atoms with Gasteiger partial charge in [-0.25, -0.2) is 9.97 Å². The van der Waals surface area contributed by atoms with Crippen LogP contribution in [-0.4, -0.2) is 47.1 Å². The molecule has 6 nitrogen and oxygen atoms in total. The van der Waals surface area contributed by atoms with Gasteiger partial charge in [-0.05, 0) is 25.7 Å². The van der Waals surface area contributed by atoms with E-state index < -0.39 is 0 Å². The Morgan fingerprint density at radius 2 is 1.95 bits per heavy atom. The first-order valence-corrected chi connectivity index (χ1v) is 7.58. The minimum absolute atomic E-state index is 0.0339. The summed E-state index contributed by atoms with van der Waals surface area (Å²) < 4.78 is 11.0. The van der Waals surface area contributed by atoms with Gasteiger partial charge in [0.1, 0.15) is 6.10 Å². The van der Waals surface area contributed by atoms with Crippen LogP contribution in [0.1, 0.15) is 32.1 Å². The van der Waals surface area contributed by atoms with Crippen molar-refractivity contribution in [2.24, 2.45) is 5.92 Å². The summed E-state index contributed by atoms with van der Waals surface area (Å²) in [5, 5.41) is 0. The molecule has 2 fully saturated rings. The highest BCUT2D eigenvalue weighted by Crippen LogP contribution is 2.30. The van der Waals surface area contributed by atoms with Crippen molar-refractivity contribution in [2.75, 3.05) is 20.2 Å². The van der Waals surface area contributed by atoms with Gasteiger partial charge in [0.05, 0.1) is 13.7 Å². The molecule has 0 radical (unpaired) electrons. The van der Waals surface area contributed by atoms with Crippen LogP contribution in [0.15, 0.2) is 12.4 Å². The van der Waals surface area contributed by atoms with E-state index >= 15 is 0 Å². The smallest absolute Gasteiger partial charge is 0.278 e. The maximum absolute atomic E-state index is 12.3. The Balaban J connectivity index is 1.61. The number of nitrogens with zero attached hydrogens (tertiary/aromatic N) is 3. The number of aromatic nitrogens is 2. The molecule has 1 aliphatic heterocycles. The number of amides is 1. The second-order valence-corrected chi connectivity index (χ2v) is 5.66. The molecule has 1 aliphatic carbocycles. The molecule has 1 amide bonds. The Morgan fingerprint density at radius 1 is 1.19 bits per heavy atom. The summed E-state index contributed by atoms with van der Waals surface area (Å²) in [5.74, 6) is 1.33. The third-order valence-electron chi connectivity index (χ3n) is 4.25. The summed E-state index contributed by atoms with van der Waals surface area (Å²) >= 11 is 0. The number of rotatable bonds is 4. The molecule has 1 aromatic rings. The van der Waals surface area contributed by atoms with Crippen molar-refractivity contribution in [3.8, 4) is 11.8 Å². The molecule has 1 unspecified atom stereocenters. The van der Waals surface area contributed by atoms with Crippen LogP contribution >= 0.6 is 0 Å². The highest BCUT2D eigenvalue weighted by atomic mass is 16.5. The second kappa shape index (κ2) is 6.28. The van der Waals surface area contributed by atoms with Crippen LogP contribution in [0.4, 0.5) is 0 Å². The first-order chi connectivity index (χ1) is 10.3. The lowest BCUT2D eigenvalue weighted by atomic mass is 9.84. The lowest BCUT2D eigenvalue weighted by molar-refractivity contribution is -0.140. The molecular weight excluding hydrogens is 270 g/mol. The molecule has 1 atom stereocenters. The molecule has 2 aliphatic rings. The first kappa shape index (κ1) is 14.1. The van der Waals surface area contributed by atoms with Crippen LogP contribution < -0.4 is 9.47 Å². The molecule has 0 spiro atoms. The van der Waals surface area contributed by atoms with E-state index in [1.165, 1.54) is 6.42 Å². The van der Waals surface area contributed by atoms with Crippen molar-refractivity contribution >= 4 is 5.91 Å². The van der Waals surface area contributed by atoms with Gasteiger partial charge in [0.25, 0.3) is 11.8 Å². The zero-order chi connectivity index (χ0) is 14.7. The van der Waals surface area contributed by atoms with Crippen molar-refractivity contribution in [3.63, 3.8) is 0 Å². The molecule has 0 aromatic carbocycles. The molecule has 6 heteroatoms. The number of hydrogen-bond donors (Lipinski definition) is 0. The summed E-state index contributed by atoms with van der Waals surface area (Å²) in [7, 11) is 1.55. The van der Waals surface area contributed by atoms with Crippen molar-refractivity contribution in [1.82, 2.24) is 14.9 Å². The average Bonchev–Trinajstić information content (AvgIpc) is 2.46. The zero-order valence-corrected chi connectivity index (χ0v) is 12.3. The quantitative estimate of drug-likeness (QED) is 0.844. The summed E-state index contributed by atoms with van der Waals surface area (Å²) in [6.45, 7) is 1.47. The lowest BCUT2D eigenvalue weighted by Crippen LogP contribution is -2.47. The number of hydrogen-bond acceptors (Lipinski definition) is 5. The predicted octanol–water partition coefficient (Wildman–Crippen LogP) is 1.66. The summed E-state index contributed by atoms with van der Waals surface area (Å²) in [5.41, 5.74) is 0. The van der Waals surface area contributed by atoms with Crippen LogP contribution in [-0.2, 0) is 4.79 Å². The monoisotopic (exact) mass is 291 g/mol. The number of carbonyl (C=O) groups excluding carboxylic acids is 1. The summed E-state index contributed by atoms with van der Waals surface area (Å²) in [6.07, 6.45) is 8.27. The lowest BCUT2D eigenvalue weighted by Gasteiger charge is -2.37. The minimum atomic E-state index is -0.0339. The van der Waals surface area contributed by atoms with Crippen LogP contribution in [0.5, 0.6) is 11.8 Å². The number of likely N-dealkylation sites (tertiary alicyclic amines) is 1. The van der Waals surface area contributed by atoms with Gasteiger partial charge in [0.2, 0.25) is 5.91 Å². The Bertz CT molecular complexity index is 505. The van der Waals surface area contributed by atoms with Gasteiger partial charge < -0.3 is 14.4 Å². The van der Waals surface area contributed by atoms with E-state index in [1.54, 1.807) is 19.5 Å². The molecule has 1 aromatic heterocycles. The van der Waals surface area contributed by atoms with Crippen molar-refractivity contribution in [1.29, 1.82) is 0 Å². The standard InChI is InChI=1S/C15H21N3O3/c1-20-13-14(17-8-7-16-13)21-12-6-3-9-18(10-12)15(19)11-4-2-5-11/h7-8,11-12H,2-6,9-10H2,1H3. The Morgan fingerprint density at radius 3 is 2.62 bits per heavy atom. The highest BCUT2D eigenvalue weighted by molar-refractivity contribution is 5.79. The Labute approximate surface area is 124 Å². The number of methoxy groups -OCH3 is 1. The van der Waals surface area contributed by atoms with Gasteiger partial charge >= 0.3 is 0 Å². The summed E-state index contributed by atoms with van der Waals surface area (Å²) in [4.78, 5) is 22.5. The molecule has 0 N–H and O–H groups in total. The third kappa shape index (κ3) is 3.09. The van der Waals surface area contributed by atoms with Gasteiger partial charge in [-0.1, -0.05) is 6.42 Å². The fourth-order valence-corrected chi connectivity index (χ4v) is 2.84. The Kier molecular flexibility index (Phi) is 4.22. The molecule has 1 saturated heterocycles. The van der Waals surface area contributed by atoms with E-state index in [-0.39, 0.29) is 12.0 Å². The maximum Gasteiger partial charge on any atom is 0.278 e. The predicted molar refractivity (Wildman–Crippen MR) is 76.2 cm³/mol. The van der Waals surface area contributed by atoms with E-state index in [0.29, 0.717) is 24.2 Å². The SMILES string of the molecule is COc1nccnc1OC1CCCN(C(=O)C2CCC2)C1. The van der Waals surface area contributed by atoms with Crippen molar-refractivity contribution in [3.05, 3.63) is 12.4 Å². The Hall–Kier alpha value is -1.85. The fourth-order valence-electron chi connectivity index (χ4n) is 2.84. The molecule has 1 saturated carbocycles. The molecule has 3 rings (SSSR count). The zero-order valence-electron chi connectivity index (χ0n) is 12.3. The van der Waals surface area contributed by atoms with Gasteiger partial charge in [0, 0.05) is 24.9 Å². The molecule has 114 valence electrons. The highest BCUT2D eigenvalue weighted by Gasteiger charge is 2.33. The molecular formula is C15H21N3O3. The maximum atomic E-state index is 12.3. The molecule has 0 bridgehead atoms. The largest absolute Gasteiger partial charge is 0.477 e. The third-order valence-corrected chi connectivity index (χ3v) is 4.25. The normalized spacial score (nSPS) is 22.5. The number of carbonyl (C=O) groups is 1. The first-order valence-electron chi connectivity index (χ1n) is 7.58. The van der Waals surface area contributed by atoms with E-state index in [2.05, 4.69) is 9.97 Å². The van der Waals surface area contributed by atoms with Gasteiger partial charge in [-0.3, -0.25) is 4.79 Å². The van der Waals surface area contributed by atoms with Crippen LogP contribution in [0, 0.1) is 5.92 Å². The average molecular weight is 291 g/mol. The van der Waals surface area contributed by atoms with Gasteiger partial charge in [-0.15, -0.1) is 0 Å².